The van der Waals surface area contributed by atoms with Crippen molar-refractivity contribution in [3.05, 3.63) is 0 Å². The van der Waals surface area contributed by atoms with Crippen LogP contribution in [0.4, 0.5) is 4.79 Å². The normalized spacial score (nSPS) is 24.6. The Morgan fingerprint density at radius 3 is 2.16 bits per heavy atom. The van der Waals surface area contributed by atoms with Gasteiger partial charge in [0.25, 0.3) is 0 Å². The van der Waals surface area contributed by atoms with Crippen LogP contribution in [-0.2, 0) is 9.59 Å². The Bertz CT molecular complexity index is 361. The summed E-state index contributed by atoms with van der Waals surface area (Å²) in [5.41, 5.74) is 0. The Hall–Kier alpha value is -1.79. The lowest BCUT2D eigenvalue weighted by atomic mass is 9.98. The first kappa shape index (κ1) is 15.3. The topological polar surface area (TPSA) is 107 Å². The van der Waals surface area contributed by atoms with Crippen molar-refractivity contribution in [3.63, 3.8) is 0 Å². The van der Waals surface area contributed by atoms with E-state index >= 15 is 0 Å². The van der Waals surface area contributed by atoms with Gasteiger partial charge in [-0.15, -0.1) is 0 Å². The predicted octanol–water partition coefficient (Wildman–Crippen LogP) is 0.887. The molecule has 0 unspecified atom stereocenters. The molecule has 108 valence electrons. The van der Waals surface area contributed by atoms with Crippen molar-refractivity contribution in [2.45, 2.75) is 57.7 Å². The molecule has 0 saturated carbocycles. The number of piperidine rings is 1. The molecular formula is C12H20N2O5. The van der Waals surface area contributed by atoms with Gasteiger partial charge in [-0.2, -0.15) is 0 Å². The van der Waals surface area contributed by atoms with Crippen LogP contribution >= 0.6 is 0 Å². The molecule has 19 heavy (non-hydrogen) atoms. The first-order valence-electron chi connectivity index (χ1n) is 6.36. The molecule has 1 rings (SSSR count). The van der Waals surface area contributed by atoms with Crippen LogP contribution in [0, 0.1) is 0 Å². The van der Waals surface area contributed by atoms with Crippen molar-refractivity contribution in [1.29, 1.82) is 0 Å². The second-order valence-corrected chi connectivity index (χ2v) is 4.97. The van der Waals surface area contributed by atoms with Crippen molar-refractivity contribution < 1.29 is 24.6 Å². The first-order chi connectivity index (χ1) is 8.82. The van der Waals surface area contributed by atoms with Crippen molar-refractivity contribution in [2.24, 2.45) is 0 Å². The summed E-state index contributed by atoms with van der Waals surface area (Å²) in [7, 11) is 0. The highest BCUT2D eigenvalue weighted by atomic mass is 16.4. The number of carboxylic acids is 2. The molecule has 1 heterocycles. The highest BCUT2D eigenvalue weighted by Gasteiger charge is 2.32. The molecule has 7 nitrogen and oxygen atoms in total. The minimum absolute atomic E-state index is 0.0306. The van der Waals surface area contributed by atoms with Crippen LogP contribution in [0.15, 0.2) is 0 Å². The molecule has 1 fully saturated rings. The summed E-state index contributed by atoms with van der Waals surface area (Å²) in [4.78, 5) is 35.2. The molecule has 1 aliphatic rings. The van der Waals surface area contributed by atoms with E-state index in [4.69, 9.17) is 10.2 Å². The largest absolute Gasteiger partial charge is 0.481 e. The van der Waals surface area contributed by atoms with E-state index in [9.17, 15) is 14.4 Å². The molecule has 1 aliphatic heterocycles. The van der Waals surface area contributed by atoms with Gasteiger partial charge in [0.2, 0.25) is 0 Å². The van der Waals surface area contributed by atoms with E-state index in [0.29, 0.717) is 0 Å². The van der Waals surface area contributed by atoms with Gasteiger partial charge in [0.15, 0.2) is 0 Å². The molecule has 0 aliphatic carbocycles. The summed E-state index contributed by atoms with van der Waals surface area (Å²) >= 11 is 0. The molecular weight excluding hydrogens is 252 g/mol. The molecule has 0 aromatic heterocycles. The number of aliphatic carboxylic acids is 2. The van der Waals surface area contributed by atoms with Gasteiger partial charge >= 0.3 is 18.0 Å². The van der Waals surface area contributed by atoms with Crippen LogP contribution in [0.5, 0.6) is 0 Å². The Labute approximate surface area is 111 Å². The van der Waals surface area contributed by atoms with Crippen molar-refractivity contribution in [3.8, 4) is 0 Å². The number of nitrogens with one attached hydrogen (secondary N) is 1. The number of carbonyl (C=O) groups is 3. The van der Waals surface area contributed by atoms with Gasteiger partial charge in [0.1, 0.15) is 6.04 Å². The van der Waals surface area contributed by atoms with E-state index < -0.39 is 30.4 Å². The third-order valence-electron chi connectivity index (χ3n) is 3.40. The molecule has 0 aromatic carbocycles. The maximum atomic E-state index is 12.1. The highest BCUT2D eigenvalue weighted by molar-refractivity contribution is 5.86. The zero-order valence-corrected chi connectivity index (χ0v) is 11.1. The summed E-state index contributed by atoms with van der Waals surface area (Å²) in [5.74, 6) is -2.60. The fraction of sp³-hybridized carbons (Fsp3) is 0.750. The number of nitrogens with zero attached hydrogens (tertiary/aromatic N) is 1. The summed E-state index contributed by atoms with van der Waals surface area (Å²) in [6, 6.07) is -1.84. The smallest absolute Gasteiger partial charge is 0.326 e. The van der Waals surface area contributed by atoms with Gasteiger partial charge in [-0.1, -0.05) is 0 Å². The van der Waals surface area contributed by atoms with Crippen LogP contribution < -0.4 is 5.32 Å². The van der Waals surface area contributed by atoms with Gasteiger partial charge in [0.05, 0.1) is 6.42 Å². The van der Waals surface area contributed by atoms with Gasteiger partial charge in [-0.05, 0) is 33.1 Å². The quantitative estimate of drug-likeness (QED) is 0.704. The Kier molecular flexibility index (Phi) is 5.14. The fourth-order valence-corrected chi connectivity index (χ4v) is 2.42. The number of likely N-dealkylation sites (tertiary alicyclic amines) is 1. The van der Waals surface area contributed by atoms with E-state index in [1.807, 2.05) is 13.8 Å². The SMILES string of the molecule is C[C@@H]1CCC[C@H](C)N1C(=O)N[C@H](CC(=O)O)C(=O)O. The molecule has 3 N–H and O–H groups in total. The van der Waals surface area contributed by atoms with Crippen LogP contribution in [0.2, 0.25) is 0 Å². The molecule has 0 bridgehead atoms. The van der Waals surface area contributed by atoms with Crippen LogP contribution in [0.1, 0.15) is 39.5 Å². The van der Waals surface area contributed by atoms with E-state index in [-0.39, 0.29) is 12.1 Å². The van der Waals surface area contributed by atoms with Gasteiger partial charge < -0.3 is 20.4 Å². The number of carbonyl (C=O) groups excluding carboxylic acids is 1. The summed E-state index contributed by atoms with van der Waals surface area (Å²) < 4.78 is 0. The minimum atomic E-state index is -1.40. The monoisotopic (exact) mass is 272 g/mol. The van der Waals surface area contributed by atoms with Gasteiger partial charge in [0, 0.05) is 12.1 Å². The summed E-state index contributed by atoms with van der Waals surface area (Å²) in [6.45, 7) is 3.81. The molecule has 0 spiro atoms. The van der Waals surface area contributed by atoms with E-state index in [1.165, 1.54) is 0 Å². The molecule has 1 saturated heterocycles. The molecule has 0 aromatic rings. The molecule has 3 atom stereocenters. The molecule has 2 amide bonds. The summed E-state index contributed by atoms with van der Waals surface area (Å²) in [6.07, 6.45) is 2.14. The third kappa shape index (κ3) is 4.11. The predicted molar refractivity (Wildman–Crippen MR) is 66.8 cm³/mol. The number of hydrogen-bond acceptors (Lipinski definition) is 3. The lowest BCUT2D eigenvalue weighted by Gasteiger charge is -2.39. The standard InChI is InChI=1S/C12H20N2O5/c1-7-4-3-5-8(2)14(7)12(19)13-9(11(17)18)6-10(15)16/h7-9H,3-6H2,1-2H3,(H,13,19)(H,15,16)(H,17,18)/t7-,8+,9-/m1/s1. The lowest BCUT2D eigenvalue weighted by Crippen LogP contribution is -2.55. The Morgan fingerprint density at radius 2 is 1.74 bits per heavy atom. The van der Waals surface area contributed by atoms with Gasteiger partial charge in [-0.25, -0.2) is 9.59 Å². The fourth-order valence-electron chi connectivity index (χ4n) is 2.42. The Morgan fingerprint density at radius 1 is 1.21 bits per heavy atom. The second kappa shape index (κ2) is 6.40. The van der Waals surface area contributed by atoms with E-state index in [0.717, 1.165) is 19.3 Å². The zero-order chi connectivity index (χ0) is 14.6. The lowest BCUT2D eigenvalue weighted by molar-refractivity contribution is -0.145. The van der Waals surface area contributed by atoms with Crippen LogP contribution in [0.3, 0.4) is 0 Å². The van der Waals surface area contributed by atoms with Crippen molar-refractivity contribution in [2.75, 3.05) is 0 Å². The first-order valence-corrected chi connectivity index (χ1v) is 6.36. The molecule has 7 heteroatoms. The van der Waals surface area contributed by atoms with Crippen LogP contribution in [0.25, 0.3) is 0 Å². The highest BCUT2D eigenvalue weighted by Crippen LogP contribution is 2.22. The number of carboxylic acid groups (broad SMARTS) is 2. The third-order valence-corrected chi connectivity index (χ3v) is 3.40. The van der Waals surface area contributed by atoms with Crippen LogP contribution in [-0.4, -0.2) is 51.2 Å². The molecule has 0 radical (unpaired) electrons. The van der Waals surface area contributed by atoms with Gasteiger partial charge in [-0.3, -0.25) is 4.79 Å². The number of urea groups is 1. The maximum Gasteiger partial charge on any atom is 0.326 e. The van der Waals surface area contributed by atoms with Crippen molar-refractivity contribution >= 4 is 18.0 Å². The number of rotatable bonds is 4. The average molecular weight is 272 g/mol. The average Bonchev–Trinajstić information content (AvgIpc) is 2.27. The number of amides is 2. The second-order valence-electron chi connectivity index (χ2n) is 4.97. The summed E-state index contributed by atoms with van der Waals surface area (Å²) in [5, 5.41) is 19.8. The minimum Gasteiger partial charge on any atom is -0.481 e. The zero-order valence-electron chi connectivity index (χ0n) is 11.1. The van der Waals surface area contributed by atoms with Crippen molar-refractivity contribution in [1.82, 2.24) is 10.2 Å². The number of hydrogen-bond donors (Lipinski definition) is 3. The van der Waals surface area contributed by atoms with E-state index in [1.54, 1.807) is 4.90 Å². The van der Waals surface area contributed by atoms with E-state index in [2.05, 4.69) is 5.32 Å². The Balaban J connectivity index is 2.70. The maximum absolute atomic E-state index is 12.1.